The van der Waals surface area contributed by atoms with E-state index in [4.69, 9.17) is 9.47 Å². The van der Waals surface area contributed by atoms with Crippen LogP contribution in [0.3, 0.4) is 0 Å². The van der Waals surface area contributed by atoms with Crippen LogP contribution >= 0.6 is 0 Å². The molecule has 0 unspecified atom stereocenters. The van der Waals surface area contributed by atoms with Gasteiger partial charge in [-0.3, -0.25) is 0 Å². The number of azo groups is 1. The van der Waals surface area contributed by atoms with Gasteiger partial charge >= 0.3 is 11.9 Å². The zero-order chi connectivity index (χ0) is 21.9. The maximum Gasteiger partial charge on any atom is 0.338 e. The Morgan fingerprint density at radius 3 is 1.33 bits per heavy atom. The Morgan fingerprint density at radius 2 is 1.03 bits per heavy atom. The monoisotopic (exact) mass is 410 g/mol. The molecule has 0 aliphatic carbocycles. The lowest BCUT2D eigenvalue weighted by Gasteiger charge is -2.09. The predicted molar refractivity (Wildman–Crippen MR) is 117 cm³/mol. The first-order valence-corrected chi connectivity index (χ1v) is 10.4. The number of ether oxygens (including phenoxy) is 2. The van der Waals surface area contributed by atoms with Gasteiger partial charge in [-0.25, -0.2) is 9.59 Å². The highest BCUT2D eigenvalue weighted by molar-refractivity contribution is 5.90. The molecule has 0 aliphatic rings. The molecule has 2 aromatic rings. The smallest absolute Gasteiger partial charge is 0.338 e. The van der Waals surface area contributed by atoms with E-state index in [1.165, 1.54) is 0 Å². The second-order valence-electron chi connectivity index (χ2n) is 7.52. The van der Waals surface area contributed by atoms with Crippen LogP contribution in [0.1, 0.15) is 61.3 Å². The Bertz CT molecular complexity index is 773. The molecule has 0 heterocycles. The van der Waals surface area contributed by atoms with Crippen molar-refractivity contribution in [3.63, 3.8) is 0 Å². The minimum atomic E-state index is -0.338. The van der Waals surface area contributed by atoms with Gasteiger partial charge in [-0.2, -0.15) is 10.2 Å². The third kappa shape index (κ3) is 7.43. The van der Waals surface area contributed by atoms with Crippen molar-refractivity contribution < 1.29 is 19.1 Å². The molecule has 0 aliphatic heterocycles. The van der Waals surface area contributed by atoms with Crippen LogP contribution in [0.25, 0.3) is 0 Å². The van der Waals surface area contributed by atoms with Gasteiger partial charge in [0, 0.05) is 0 Å². The molecule has 2 rings (SSSR count). The summed E-state index contributed by atoms with van der Waals surface area (Å²) in [5.41, 5.74) is 2.20. The average molecular weight is 411 g/mol. The first kappa shape index (κ1) is 23.3. The molecule has 0 amide bonds. The molecule has 0 bridgehead atoms. The molecule has 2 atom stereocenters. The first-order chi connectivity index (χ1) is 14.4. The number of hydrogen-bond acceptors (Lipinski definition) is 6. The SMILES string of the molecule is CC[C@@H](C)COC(=O)c1ccc(N=Nc2ccc(C(=O)OC[C@H](C)CC)cc2)cc1. The van der Waals surface area contributed by atoms with E-state index in [1.54, 1.807) is 48.5 Å². The Labute approximate surface area is 178 Å². The van der Waals surface area contributed by atoms with Gasteiger partial charge in [-0.15, -0.1) is 0 Å². The Hall–Kier alpha value is -3.02. The van der Waals surface area contributed by atoms with Crippen molar-refractivity contribution >= 4 is 23.3 Å². The molecule has 6 heteroatoms. The number of esters is 2. The number of carbonyl (C=O) groups is 2. The van der Waals surface area contributed by atoms with Crippen molar-refractivity contribution in [3.8, 4) is 0 Å². The van der Waals surface area contributed by atoms with Crippen molar-refractivity contribution in [3.05, 3.63) is 59.7 Å². The van der Waals surface area contributed by atoms with E-state index in [-0.39, 0.29) is 11.9 Å². The Kier molecular flexibility index (Phi) is 9.19. The molecular formula is C24H30N2O4. The molecule has 0 N–H and O–H groups in total. The minimum Gasteiger partial charge on any atom is -0.462 e. The molecule has 0 aromatic heterocycles. The van der Waals surface area contributed by atoms with E-state index < -0.39 is 0 Å². The lowest BCUT2D eigenvalue weighted by molar-refractivity contribution is 0.0438. The Morgan fingerprint density at radius 1 is 0.700 bits per heavy atom. The quantitative estimate of drug-likeness (QED) is 0.330. The van der Waals surface area contributed by atoms with Gasteiger partial charge in [0.15, 0.2) is 0 Å². The number of rotatable bonds is 10. The maximum absolute atomic E-state index is 12.0. The molecular weight excluding hydrogens is 380 g/mol. The maximum atomic E-state index is 12.0. The Balaban J connectivity index is 1.91. The van der Waals surface area contributed by atoms with Gasteiger partial charge in [0.1, 0.15) is 0 Å². The molecule has 0 saturated carbocycles. The highest BCUT2D eigenvalue weighted by Crippen LogP contribution is 2.20. The summed E-state index contributed by atoms with van der Waals surface area (Å²) in [5.74, 6) is 0.00882. The van der Waals surface area contributed by atoms with Crippen molar-refractivity contribution in [2.75, 3.05) is 13.2 Å². The van der Waals surface area contributed by atoms with E-state index in [1.807, 2.05) is 13.8 Å². The van der Waals surface area contributed by atoms with Crippen molar-refractivity contribution in [2.24, 2.45) is 22.1 Å². The highest BCUT2D eigenvalue weighted by atomic mass is 16.5. The highest BCUT2D eigenvalue weighted by Gasteiger charge is 2.10. The van der Waals surface area contributed by atoms with Gasteiger partial charge in [0.2, 0.25) is 0 Å². The summed E-state index contributed by atoms with van der Waals surface area (Å²) in [6.07, 6.45) is 1.93. The fourth-order valence-electron chi connectivity index (χ4n) is 2.28. The standard InChI is InChI=1S/C24H30N2O4/c1-5-17(3)15-29-23(27)19-7-11-21(12-8-19)25-26-22-13-9-20(10-14-22)24(28)30-16-18(4)6-2/h7-14,17-18H,5-6,15-16H2,1-4H3/t17-,18-/m1/s1. The van der Waals surface area contributed by atoms with Crippen molar-refractivity contribution in [1.29, 1.82) is 0 Å². The van der Waals surface area contributed by atoms with Gasteiger partial charge in [0.25, 0.3) is 0 Å². The summed E-state index contributed by atoms with van der Waals surface area (Å²) in [4.78, 5) is 24.1. The molecule has 0 fully saturated rings. The fraction of sp³-hybridized carbons (Fsp3) is 0.417. The zero-order valence-electron chi connectivity index (χ0n) is 18.1. The van der Waals surface area contributed by atoms with Gasteiger partial charge in [-0.1, -0.05) is 40.5 Å². The average Bonchev–Trinajstić information content (AvgIpc) is 2.79. The number of nitrogens with zero attached hydrogens (tertiary/aromatic N) is 2. The summed E-state index contributed by atoms with van der Waals surface area (Å²) in [7, 11) is 0. The van der Waals surface area contributed by atoms with Crippen LogP contribution < -0.4 is 0 Å². The second-order valence-corrected chi connectivity index (χ2v) is 7.52. The summed E-state index contributed by atoms with van der Waals surface area (Å²) in [5, 5.41) is 8.33. The molecule has 6 nitrogen and oxygen atoms in total. The molecule has 2 aromatic carbocycles. The summed E-state index contributed by atoms with van der Waals surface area (Å²) < 4.78 is 10.6. The summed E-state index contributed by atoms with van der Waals surface area (Å²) in [6, 6.07) is 13.5. The van der Waals surface area contributed by atoms with E-state index in [9.17, 15) is 9.59 Å². The number of benzene rings is 2. The zero-order valence-corrected chi connectivity index (χ0v) is 18.1. The largest absolute Gasteiger partial charge is 0.462 e. The van der Waals surface area contributed by atoms with Crippen LogP contribution in [-0.4, -0.2) is 25.2 Å². The van der Waals surface area contributed by atoms with Gasteiger partial charge in [-0.05, 0) is 60.4 Å². The van der Waals surface area contributed by atoms with Gasteiger partial charge in [0.05, 0.1) is 35.7 Å². The van der Waals surface area contributed by atoms with Crippen LogP contribution in [-0.2, 0) is 9.47 Å². The van der Waals surface area contributed by atoms with Crippen LogP contribution in [0, 0.1) is 11.8 Å². The lowest BCUT2D eigenvalue weighted by Crippen LogP contribution is -2.11. The van der Waals surface area contributed by atoms with Crippen molar-refractivity contribution in [1.82, 2.24) is 0 Å². The first-order valence-electron chi connectivity index (χ1n) is 10.4. The third-order valence-electron chi connectivity index (χ3n) is 4.88. The van der Waals surface area contributed by atoms with Crippen LogP contribution in [0.5, 0.6) is 0 Å². The summed E-state index contributed by atoms with van der Waals surface area (Å²) >= 11 is 0. The normalized spacial score (nSPS) is 13.1. The van der Waals surface area contributed by atoms with E-state index in [0.29, 0.717) is 47.6 Å². The molecule has 0 saturated heterocycles. The molecule has 160 valence electrons. The fourth-order valence-corrected chi connectivity index (χ4v) is 2.28. The van der Waals surface area contributed by atoms with Crippen molar-refractivity contribution in [2.45, 2.75) is 40.5 Å². The van der Waals surface area contributed by atoms with Crippen LogP contribution in [0.2, 0.25) is 0 Å². The minimum absolute atomic E-state index is 0.338. The van der Waals surface area contributed by atoms with Gasteiger partial charge < -0.3 is 9.47 Å². The van der Waals surface area contributed by atoms with E-state index in [2.05, 4.69) is 24.1 Å². The number of carbonyl (C=O) groups excluding carboxylic acids is 2. The summed E-state index contributed by atoms with van der Waals surface area (Å²) in [6.45, 7) is 9.03. The van der Waals surface area contributed by atoms with Crippen LogP contribution in [0.4, 0.5) is 11.4 Å². The molecule has 0 radical (unpaired) electrons. The predicted octanol–water partition coefficient (Wildman–Crippen LogP) is 6.51. The molecule has 30 heavy (non-hydrogen) atoms. The topological polar surface area (TPSA) is 77.3 Å². The van der Waals surface area contributed by atoms with E-state index in [0.717, 1.165) is 12.8 Å². The van der Waals surface area contributed by atoms with Crippen LogP contribution in [0.15, 0.2) is 58.8 Å². The number of hydrogen-bond donors (Lipinski definition) is 0. The van der Waals surface area contributed by atoms with E-state index >= 15 is 0 Å². The third-order valence-corrected chi connectivity index (χ3v) is 4.88. The second kappa shape index (κ2) is 11.9. The molecule has 0 spiro atoms. The lowest BCUT2D eigenvalue weighted by atomic mass is 10.1.